The maximum Gasteiger partial charge on any atom is 0.269 e. The Kier molecular flexibility index (Phi) is 6.10. The van der Waals surface area contributed by atoms with Gasteiger partial charge in [-0.3, -0.25) is 10.1 Å². The van der Waals surface area contributed by atoms with Crippen LogP contribution in [-0.2, 0) is 0 Å². The van der Waals surface area contributed by atoms with E-state index in [1.54, 1.807) is 30.1 Å². The number of aromatic amines is 1. The number of nitro groups is 1. The summed E-state index contributed by atoms with van der Waals surface area (Å²) >= 11 is 1.59. The number of benzene rings is 1. The third-order valence-electron chi connectivity index (χ3n) is 2.88. The van der Waals surface area contributed by atoms with Crippen molar-refractivity contribution in [3.8, 4) is 0 Å². The first-order chi connectivity index (χ1) is 11.0. The van der Waals surface area contributed by atoms with Gasteiger partial charge in [-0.15, -0.1) is 5.10 Å². The quantitative estimate of drug-likeness (QED) is 0.332. The average molecular weight is 334 g/mol. The molecule has 0 saturated heterocycles. The molecule has 0 spiro atoms. The second kappa shape index (κ2) is 8.28. The molecule has 0 atom stereocenters. The highest BCUT2D eigenvalue weighted by molar-refractivity contribution is 7.99. The van der Waals surface area contributed by atoms with E-state index in [0.29, 0.717) is 17.0 Å². The number of thioether (sulfide) groups is 1. The van der Waals surface area contributed by atoms with Gasteiger partial charge in [0.25, 0.3) is 5.69 Å². The van der Waals surface area contributed by atoms with Gasteiger partial charge in [-0.25, -0.2) is 10.5 Å². The van der Waals surface area contributed by atoms with Crippen molar-refractivity contribution in [2.24, 2.45) is 11.0 Å². The highest BCUT2D eigenvalue weighted by atomic mass is 32.2. The Morgan fingerprint density at radius 3 is 2.83 bits per heavy atom. The molecule has 0 radical (unpaired) electrons. The van der Waals surface area contributed by atoms with Crippen LogP contribution in [0.2, 0.25) is 0 Å². The van der Waals surface area contributed by atoms with Crippen molar-refractivity contribution in [1.82, 2.24) is 15.2 Å². The van der Waals surface area contributed by atoms with E-state index < -0.39 is 4.92 Å². The zero-order chi connectivity index (χ0) is 16.7. The highest BCUT2D eigenvalue weighted by Crippen LogP contribution is 2.17. The molecule has 2 aromatic rings. The first kappa shape index (κ1) is 16.9. The Hall–Kier alpha value is -2.42. The summed E-state index contributed by atoms with van der Waals surface area (Å²) in [6, 6.07) is 6.10. The lowest BCUT2D eigenvalue weighted by Crippen LogP contribution is -1.93. The lowest BCUT2D eigenvalue weighted by Gasteiger charge is -2.00. The number of hydrazone groups is 1. The van der Waals surface area contributed by atoms with Crippen molar-refractivity contribution in [2.75, 3.05) is 11.2 Å². The van der Waals surface area contributed by atoms with Crippen LogP contribution in [0.1, 0.15) is 25.8 Å². The molecule has 0 bridgehead atoms. The van der Waals surface area contributed by atoms with Gasteiger partial charge < -0.3 is 0 Å². The molecule has 1 heterocycles. The van der Waals surface area contributed by atoms with E-state index in [4.69, 9.17) is 0 Å². The van der Waals surface area contributed by atoms with Gasteiger partial charge in [0.15, 0.2) is 0 Å². The molecular formula is C14H18N6O2S. The number of hydrogen-bond donors (Lipinski definition) is 2. The molecule has 23 heavy (non-hydrogen) atoms. The first-order valence-corrected chi connectivity index (χ1v) is 8.12. The maximum absolute atomic E-state index is 10.6. The van der Waals surface area contributed by atoms with Crippen LogP contribution in [0.15, 0.2) is 34.5 Å². The van der Waals surface area contributed by atoms with Gasteiger partial charge in [-0.05, 0) is 30.0 Å². The molecule has 8 nitrogen and oxygen atoms in total. The van der Waals surface area contributed by atoms with Crippen LogP contribution in [-0.4, -0.2) is 32.1 Å². The average Bonchev–Trinajstić information content (AvgIpc) is 2.95. The highest BCUT2D eigenvalue weighted by Gasteiger charge is 2.04. The predicted molar refractivity (Wildman–Crippen MR) is 90.9 cm³/mol. The van der Waals surface area contributed by atoms with Crippen molar-refractivity contribution in [2.45, 2.75) is 25.4 Å². The number of aromatic nitrogens is 3. The Balaban J connectivity index is 1.83. The van der Waals surface area contributed by atoms with E-state index >= 15 is 0 Å². The van der Waals surface area contributed by atoms with E-state index in [9.17, 15) is 10.1 Å². The molecule has 0 aliphatic rings. The number of nitrogens with zero attached hydrogens (tertiary/aromatic N) is 4. The summed E-state index contributed by atoms with van der Waals surface area (Å²) in [7, 11) is 0. The Morgan fingerprint density at radius 2 is 2.17 bits per heavy atom. The Morgan fingerprint density at radius 1 is 1.43 bits per heavy atom. The van der Waals surface area contributed by atoms with Gasteiger partial charge in [0, 0.05) is 17.9 Å². The Labute approximate surface area is 137 Å². The third kappa shape index (κ3) is 5.70. The fourth-order valence-corrected chi connectivity index (χ4v) is 2.63. The molecule has 0 saturated carbocycles. The predicted octanol–water partition coefficient (Wildman–Crippen LogP) is 3.30. The van der Waals surface area contributed by atoms with E-state index in [1.165, 1.54) is 12.1 Å². The van der Waals surface area contributed by atoms with Crippen molar-refractivity contribution in [1.29, 1.82) is 0 Å². The topological polar surface area (TPSA) is 109 Å². The first-order valence-electron chi connectivity index (χ1n) is 7.13. The smallest absolute Gasteiger partial charge is 0.258 e. The van der Waals surface area contributed by atoms with E-state index in [1.807, 2.05) is 0 Å². The molecule has 0 aliphatic heterocycles. The van der Waals surface area contributed by atoms with Crippen LogP contribution in [0, 0.1) is 16.0 Å². The molecule has 1 aromatic carbocycles. The van der Waals surface area contributed by atoms with Crippen LogP contribution in [0.5, 0.6) is 0 Å². The SMILES string of the molecule is CC(C)CCSc1n[nH]c(N/N=C\c2ccc([N+](=O)[O-])cc2)n1. The summed E-state index contributed by atoms with van der Waals surface area (Å²) in [6.07, 6.45) is 2.66. The molecule has 2 N–H and O–H groups in total. The summed E-state index contributed by atoms with van der Waals surface area (Å²) in [5.74, 6) is 2.08. The van der Waals surface area contributed by atoms with Gasteiger partial charge in [-0.1, -0.05) is 25.6 Å². The van der Waals surface area contributed by atoms with E-state index in [-0.39, 0.29) is 5.69 Å². The van der Waals surface area contributed by atoms with Crippen molar-refractivity contribution in [3.05, 3.63) is 39.9 Å². The standard InChI is InChI=1S/C14H18N6O2S/c1-10(2)7-8-23-14-16-13(18-19-14)17-15-9-11-3-5-12(6-4-11)20(21)22/h3-6,9-10H,7-8H2,1-2H3,(H2,16,17,18,19)/b15-9-. The van der Waals surface area contributed by atoms with Gasteiger partial charge in [0.05, 0.1) is 11.1 Å². The van der Waals surface area contributed by atoms with Crippen LogP contribution in [0.4, 0.5) is 11.6 Å². The number of non-ortho nitro benzene ring substituents is 1. The van der Waals surface area contributed by atoms with Crippen LogP contribution >= 0.6 is 11.8 Å². The second-order valence-corrected chi connectivity index (χ2v) is 6.28. The number of nitro benzene ring substituents is 1. The zero-order valence-corrected chi connectivity index (χ0v) is 13.7. The normalized spacial score (nSPS) is 11.3. The summed E-state index contributed by atoms with van der Waals surface area (Å²) in [5, 5.41) is 22.1. The molecule has 0 aliphatic carbocycles. The van der Waals surface area contributed by atoms with Gasteiger partial charge in [0.1, 0.15) is 0 Å². The third-order valence-corrected chi connectivity index (χ3v) is 3.76. The van der Waals surface area contributed by atoms with Gasteiger partial charge in [-0.2, -0.15) is 10.1 Å². The fourth-order valence-electron chi connectivity index (χ4n) is 1.60. The number of rotatable bonds is 8. The van der Waals surface area contributed by atoms with Crippen molar-refractivity contribution < 1.29 is 4.92 Å². The molecular weight excluding hydrogens is 316 g/mol. The van der Waals surface area contributed by atoms with E-state index in [2.05, 4.69) is 39.6 Å². The molecule has 1 aromatic heterocycles. The van der Waals surface area contributed by atoms with Gasteiger partial charge >= 0.3 is 0 Å². The second-order valence-electron chi connectivity index (χ2n) is 5.22. The summed E-state index contributed by atoms with van der Waals surface area (Å²) in [5.41, 5.74) is 3.54. The lowest BCUT2D eigenvalue weighted by molar-refractivity contribution is -0.384. The Bertz CT molecular complexity index is 668. The fraction of sp³-hybridized carbons (Fsp3) is 0.357. The van der Waals surface area contributed by atoms with Crippen molar-refractivity contribution in [3.63, 3.8) is 0 Å². The van der Waals surface area contributed by atoms with Crippen LogP contribution in [0.3, 0.4) is 0 Å². The molecule has 9 heteroatoms. The summed E-state index contributed by atoms with van der Waals surface area (Å²) < 4.78 is 0. The lowest BCUT2D eigenvalue weighted by atomic mass is 10.2. The summed E-state index contributed by atoms with van der Waals surface area (Å²) in [6.45, 7) is 4.36. The van der Waals surface area contributed by atoms with Crippen molar-refractivity contribution >= 4 is 29.6 Å². The number of hydrogen-bond acceptors (Lipinski definition) is 7. The van der Waals surface area contributed by atoms with Crippen LogP contribution in [0.25, 0.3) is 0 Å². The maximum atomic E-state index is 10.6. The molecule has 0 amide bonds. The monoisotopic (exact) mass is 334 g/mol. The minimum absolute atomic E-state index is 0.0495. The number of H-pyrrole nitrogens is 1. The van der Waals surface area contributed by atoms with Crippen LogP contribution < -0.4 is 5.43 Å². The zero-order valence-electron chi connectivity index (χ0n) is 12.9. The largest absolute Gasteiger partial charge is 0.269 e. The van der Waals surface area contributed by atoms with E-state index in [0.717, 1.165) is 17.7 Å². The number of nitrogens with one attached hydrogen (secondary N) is 2. The molecule has 0 unspecified atom stereocenters. The molecule has 0 fully saturated rings. The summed E-state index contributed by atoms with van der Waals surface area (Å²) in [4.78, 5) is 14.4. The minimum Gasteiger partial charge on any atom is -0.258 e. The number of anilines is 1. The minimum atomic E-state index is -0.438. The van der Waals surface area contributed by atoms with Gasteiger partial charge in [0.2, 0.25) is 11.1 Å². The molecule has 2 rings (SSSR count). The molecule has 122 valence electrons.